The molecule has 0 bridgehead atoms. The minimum Gasteiger partial charge on any atom is -0.480 e. The van der Waals surface area contributed by atoms with Crippen molar-refractivity contribution in [2.24, 2.45) is 0 Å². The molecule has 0 aliphatic rings. The first kappa shape index (κ1) is 19.4. The molecular formula is C19H23N3O4. The van der Waals surface area contributed by atoms with Crippen molar-refractivity contribution in [2.75, 3.05) is 13.1 Å². The van der Waals surface area contributed by atoms with E-state index in [1.807, 2.05) is 60.7 Å². The SMILES string of the molecule is O=C(NCCNN[C@@H](Cc1ccccc1)C(=O)O)OCc1ccccc1. The lowest BCUT2D eigenvalue weighted by atomic mass is 10.1. The standard InChI is InChI=1S/C19H23N3O4/c23-18(24)17(13-15-7-3-1-4-8-15)22-21-12-11-20-19(25)26-14-16-9-5-2-6-10-16/h1-10,17,21-22H,11-14H2,(H,20,25)(H,23,24)/t17-/m0/s1. The molecule has 7 nitrogen and oxygen atoms in total. The molecule has 0 unspecified atom stereocenters. The number of benzene rings is 2. The molecule has 0 aliphatic carbocycles. The molecule has 2 aromatic carbocycles. The monoisotopic (exact) mass is 357 g/mol. The van der Waals surface area contributed by atoms with Crippen LogP contribution in [0, 0.1) is 0 Å². The second-order valence-electron chi connectivity index (χ2n) is 5.64. The van der Waals surface area contributed by atoms with Gasteiger partial charge in [0.1, 0.15) is 12.6 Å². The van der Waals surface area contributed by atoms with Gasteiger partial charge in [0.05, 0.1) is 0 Å². The predicted octanol–water partition coefficient (Wildman–Crippen LogP) is 1.70. The van der Waals surface area contributed by atoms with Crippen molar-refractivity contribution >= 4 is 12.1 Å². The molecular weight excluding hydrogens is 334 g/mol. The number of carboxylic acid groups (broad SMARTS) is 1. The molecule has 0 spiro atoms. The fourth-order valence-electron chi connectivity index (χ4n) is 2.25. The van der Waals surface area contributed by atoms with Crippen LogP contribution in [0.5, 0.6) is 0 Å². The van der Waals surface area contributed by atoms with Crippen LogP contribution >= 0.6 is 0 Å². The minimum atomic E-state index is -0.948. The number of hydrogen-bond donors (Lipinski definition) is 4. The zero-order valence-electron chi connectivity index (χ0n) is 14.4. The second-order valence-corrected chi connectivity index (χ2v) is 5.64. The summed E-state index contributed by atoms with van der Waals surface area (Å²) >= 11 is 0. The molecule has 4 N–H and O–H groups in total. The van der Waals surface area contributed by atoms with Crippen molar-refractivity contribution < 1.29 is 19.4 Å². The third kappa shape index (κ3) is 7.33. The highest BCUT2D eigenvalue weighted by atomic mass is 16.5. The van der Waals surface area contributed by atoms with Gasteiger partial charge in [-0.15, -0.1) is 0 Å². The normalized spacial score (nSPS) is 11.5. The number of nitrogens with one attached hydrogen (secondary N) is 3. The van der Waals surface area contributed by atoms with Gasteiger partial charge in [0.15, 0.2) is 0 Å². The van der Waals surface area contributed by atoms with E-state index >= 15 is 0 Å². The topological polar surface area (TPSA) is 99.7 Å². The van der Waals surface area contributed by atoms with Crippen LogP contribution in [0.25, 0.3) is 0 Å². The summed E-state index contributed by atoms with van der Waals surface area (Å²) in [6.45, 7) is 0.869. The predicted molar refractivity (Wildman–Crippen MR) is 97.3 cm³/mol. The van der Waals surface area contributed by atoms with E-state index in [4.69, 9.17) is 4.74 Å². The third-order valence-electron chi connectivity index (χ3n) is 3.59. The van der Waals surface area contributed by atoms with Crippen LogP contribution in [0.1, 0.15) is 11.1 Å². The lowest BCUT2D eigenvalue weighted by Gasteiger charge is -2.15. The highest BCUT2D eigenvalue weighted by Crippen LogP contribution is 2.03. The molecule has 138 valence electrons. The minimum absolute atomic E-state index is 0.205. The van der Waals surface area contributed by atoms with Crippen LogP contribution in [0.2, 0.25) is 0 Å². The number of alkyl carbamates (subject to hydrolysis) is 1. The van der Waals surface area contributed by atoms with Crippen LogP contribution in [0.3, 0.4) is 0 Å². The van der Waals surface area contributed by atoms with Gasteiger partial charge < -0.3 is 15.2 Å². The van der Waals surface area contributed by atoms with E-state index in [1.165, 1.54) is 0 Å². The lowest BCUT2D eigenvalue weighted by molar-refractivity contribution is -0.139. The number of aliphatic carboxylic acids is 1. The lowest BCUT2D eigenvalue weighted by Crippen LogP contribution is -2.48. The second kappa shape index (κ2) is 10.9. The Balaban J connectivity index is 1.60. The molecule has 0 saturated carbocycles. The zero-order chi connectivity index (χ0) is 18.6. The summed E-state index contributed by atoms with van der Waals surface area (Å²) < 4.78 is 5.08. The smallest absolute Gasteiger partial charge is 0.407 e. The van der Waals surface area contributed by atoms with Gasteiger partial charge in [-0.2, -0.15) is 0 Å². The van der Waals surface area contributed by atoms with Gasteiger partial charge in [-0.25, -0.2) is 10.2 Å². The van der Waals surface area contributed by atoms with Crippen molar-refractivity contribution in [3.05, 3.63) is 71.8 Å². The molecule has 1 amide bonds. The Kier molecular flexibility index (Phi) is 8.11. The van der Waals surface area contributed by atoms with Gasteiger partial charge in [0.25, 0.3) is 0 Å². The Bertz CT molecular complexity index is 680. The number of carboxylic acids is 1. The summed E-state index contributed by atoms with van der Waals surface area (Å²) in [5.74, 6) is -0.948. The summed E-state index contributed by atoms with van der Waals surface area (Å²) in [5.41, 5.74) is 7.41. The van der Waals surface area contributed by atoms with E-state index in [-0.39, 0.29) is 6.61 Å². The Morgan fingerprint density at radius 1 is 0.923 bits per heavy atom. The van der Waals surface area contributed by atoms with Crippen molar-refractivity contribution in [3.8, 4) is 0 Å². The van der Waals surface area contributed by atoms with E-state index in [2.05, 4.69) is 16.2 Å². The van der Waals surface area contributed by atoms with Gasteiger partial charge in [-0.3, -0.25) is 10.2 Å². The summed E-state index contributed by atoms with van der Waals surface area (Å²) in [7, 11) is 0. The fraction of sp³-hybridized carbons (Fsp3) is 0.263. The maximum Gasteiger partial charge on any atom is 0.407 e. The summed E-state index contributed by atoms with van der Waals surface area (Å²) in [6.07, 6.45) is -0.162. The van der Waals surface area contributed by atoms with E-state index in [9.17, 15) is 14.7 Å². The fourth-order valence-corrected chi connectivity index (χ4v) is 2.25. The maximum absolute atomic E-state index is 11.6. The van der Waals surface area contributed by atoms with E-state index in [1.54, 1.807) is 0 Å². The number of rotatable bonds is 10. The van der Waals surface area contributed by atoms with Crippen LogP contribution < -0.4 is 16.2 Å². The number of hydrazine groups is 1. The molecule has 0 aromatic heterocycles. The number of amides is 1. The first-order valence-electron chi connectivity index (χ1n) is 8.35. The van der Waals surface area contributed by atoms with Gasteiger partial charge in [0.2, 0.25) is 0 Å². The molecule has 0 saturated heterocycles. The van der Waals surface area contributed by atoms with Gasteiger partial charge in [0, 0.05) is 13.1 Å². The number of carbonyl (C=O) groups is 2. The molecule has 2 rings (SSSR count). The van der Waals surface area contributed by atoms with Crippen molar-refractivity contribution in [2.45, 2.75) is 19.1 Å². The Hall–Kier alpha value is -2.90. The van der Waals surface area contributed by atoms with E-state index < -0.39 is 18.1 Å². The maximum atomic E-state index is 11.6. The average molecular weight is 357 g/mol. The zero-order valence-corrected chi connectivity index (χ0v) is 14.4. The summed E-state index contributed by atoms with van der Waals surface area (Å²) in [6, 6.07) is 18.0. The van der Waals surface area contributed by atoms with Gasteiger partial charge in [-0.05, 0) is 17.5 Å². The molecule has 26 heavy (non-hydrogen) atoms. The van der Waals surface area contributed by atoms with Gasteiger partial charge >= 0.3 is 12.1 Å². The number of carbonyl (C=O) groups excluding carboxylic acids is 1. The Labute approximate surface area is 152 Å². The number of hydrogen-bond acceptors (Lipinski definition) is 5. The summed E-state index contributed by atoms with van der Waals surface area (Å²) in [4.78, 5) is 22.9. The third-order valence-corrected chi connectivity index (χ3v) is 3.59. The number of ether oxygens (including phenoxy) is 1. The molecule has 0 fully saturated rings. The molecule has 0 aliphatic heterocycles. The largest absolute Gasteiger partial charge is 0.480 e. The summed E-state index contributed by atoms with van der Waals surface area (Å²) in [5, 5.41) is 11.9. The highest BCUT2D eigenvalue weighted by Gasteiger charge is 2.16. The van der Waals surface area contributed by atoms with E-state index in [0.29, 0.717) is 19.5 Å². The molecule has 1 atom stereocenters. The first-order chi connectivity index (χ1) is 12.6. The van der Waals surface area contributed by atoms with Crippen molar-refractivity contribution in [1.29, 1.82) is 0 Å². The highest BCUT2D eigenvalue weighted by molar-refractivity contribution is 5.73. The van der Waals surface area contributed by atoms with Crippen LogP contribution in [0.4, 0.5) is 4.79 Å². The average Bonchev–Trinajstić information content (AvgIpc) is 2.66. The molecule has 7 heteroatoms. The first-order valence-corrected chi connectivity index (χ1v) is 8.35. The van der Waals surface area contributed by atoms with Crippen molar-refractivity contribution in [1.82, 2.24) is 16.2 Å². The Morgan fingerprint density at radius 3 is 2.15 bits per heavy atom. The van der Waals surface area contributed by atoms with Crippen LogP contribution in [-0.2, 0) is 22.6 Å². The molecule has 0 heterocycles. The van der Waals surface area contributed by atoms with Crippen LogP contribution in [0.15, 0.2) is 60.7 Å². The quantitative estimate of drug-likeness (QED) is 0.382. The van der Waals surface area contributed by atoms with Crippen LogP contribution in [-0.4, -0.2) is 36.3 Å². The van der Waals surface area contributed by atoms with Gasteiger partial charge in [-0.1, -0.05) is 60.7 Å². The van der Waals surface area contributed by atoms with Crippen molar-refractivity contribution in [3.63, 3.8) is 0 Å². The Morgan fingerprint density at radius 2 is 1.54 bits per heavy atom. The molecule has 2 aromatic rings. The molecule has 0 radical (unpaired) electrons. The van der Waals surface area contributed by atoms with E-state index in [0.717, 1.165) is 11.1 Å².